The van der Waals surface area contributed by atoms with Crippen molar-refractivity contribution in [2.75, 3.05) is 6.54 Å². The van der Waals surface area contributed by atoms with Crippen LogP contribution in [-0.2, 0) is 14.1 Å². The monoisotopic (exact) mass is 474 g/mol. The molecule has 1 fully saturated rings. The van der Waals surface area contributed by atoms with E-state index in [1.54, 1.807) is 13.8 Å². The molecule has 1 aromatic heterocycles. The van der Waals surface area contributed by atoms with E-state index in [1.807, 2.05) is 19.9 Å². The number of nitriles is 1. The van der Waals surface area contributed by atoms with Crippen molar-refractivity contribution >= 4 is 8.53 Å². The van der Waals surface area contributed by atoms with Gasteiger partial charge in [0, 0.05) is 43.2 Å². The van der Waals surface area contributed by atoms with Gasteiger partial charge in [0.05, 0.1) is 6.07 Å². The molecule has 1 saturated heterocycles. The standard InChI is InChI=1S/C18H31N6O7P/c1-11(2)24(31-32(21)28)17(3,4)7-12(9-19)30-18(27)8-15(29-13(18)10-20)23-6-5-14(25)22-16(23)26/h5-6,11-13,15,27-28H,7-8,10,20-21H2,1-4H3,(H,22,25,26)/t12?,13-,15-,18-,32?/m1/s1. The molecular formula is C18H31N6O7P. The van der Waals surface area contributed by atoms with Crippen molar-refractivity contribution in [3.63, 3.8) is 0 Å². The second-order valence-corrected chi connectivity index (χ2v) is 9.21. The zero-order chi connectivity index (χ0) is 24.3. The molecule has 1 aromatic rings. The van der Waals surface area contributed by atoms with E-state index in [0.29, 0.717) is 0 Å². The number of nitrogens with one attached hydrogen (secondary N) is 1. The van der Waals surface area contributed by atoms with Gasteiger partial charge in [-0.1, -0.05) is 0 Å². The highest BCUT2D eigenvalue weighted by Crippen LogP contribution is 2.39. The molecule has 1 aliphatic rings. The maximum absolute atomic E-state index is 12.1. The number of hydrogen-bond donors (Lipinski definition) is 5. The summed E-state index contributed by atoms with van der Waals surface area (Å²) in [7, 11) is -2.18. The van der Waals surface area contributed by atoms with E-state index in [4.69, 9.17) is 25.3 Å². The first-order valence-electron chi connectivity index (χ1n) is 10.0. The van der Waals surface area contributed by atoms with Crippen molar-refractivity contribution < 1.29 is 24.1 Å². The molecule has 14 heteroatoms. The van der Waals surface area contributed by atoms with Crippen molar-refractivity contribution in [3.8, 4) is 6.07 Å². The van der Waals surface area contributed by atoms with Crippen molar-refractivity contribution in [2.45, 2.75) is 76.3 Å². The highest BCUT2D eigenvalue weighted by molar-refractivity contribution is 7.43. The first-order chi connectivity index (χ1) is 14.8. The summed E-state index contributed by atoms with van der Waals surface area (Å²) < 4.78 is 17.9. The van der Waals surface area contributed by atoms with Crippen LogP contribution in [0.5, 0.6) is 0 Å². The quantitative estimate of drug-likeness (QED) is 0.164. The summed E-state index contributed by atoms with van der Waals surface area (Å²) in [5.41, 5.74) is 9.05. The molecular weight excluding hydrogens is 443 g/mol. The van der Waals surface area contributed by atoms with Crippen LogP contribution >= 0.6 is 8.53 Å². The molecule has 0 aliphatic carbocycles. The number of ether oxygens (including phenoxy) is 2. The van der Waals surface area contributed by atoms with Crippen LogP contribution in [0.2, 0.25) is 0 Å². The predicted molar refractivity (Wildman–Crippen MR) is 114 cm³/mol. The van der Waals surface area contributed by atoms with Crippen LogP contribution in [0.4, 0.5) is 0 Å². The number of nitrogens with two attached hydrogens (primary N) is 2. The summed E-state index contributed by atoms with van der Waals surface area (Å²) in [5, 5.41) is 22.3. The fourth-order valence-electron chi connectivity index (χ4n) is 3.80. The Labute approximate surface area is 186 Å². The molecule has 2 rings (SSSR count). The fourth-order valence-corrected chi connectivity index (χ4v) is 4.39. The Bertz CT molecular complexity index is 929. The molecule has 5 atom stereocenters. The van der Waals surface area contributed by atoms with Crippen molar-refractivity contribution in [2.24, 2.45) is 11.2 Å². The first-order valence-corrected chi connectivity index (χ1v) is 11.3. The third kappa shape index (κ3) is 6.20. The predicted octanol–water partition coefficient (Wildman–Crippen LogP) is -0.631. The number of hydroxylamine groups is 2. The van der Waals surface area contributed by atoms with Gasteiger partial charge < -0.3 is 25.2 Å². The molecule has 0 radical (unpaired) electrons. The van der Waals surface area contributed by atoms with Crippen molar-refractivity contribution in [1.29, 1.82) is 5.26 Å². The minimum absolute atomic E-state index is 0.0771. The first kappa shape index (κ1) is 26.5. The van der Waals surface area contributed by atoms with Crippen molar-refractivity contribution in [3.05, 3.63) is 33.1 Å². The van der Waals surface area contributed by atoms with E-state index in [0.717, 1.165) is 10.6 Å². The Morgan fingerprint density at radius 2 is 2.19 bits per heavy atom. The van der Waals surface area contributed by atoms with E-state index >= 15 is 0 Å². The number of aromatic amines is 1. The van der Waals surface area contributed by atoms with Gasteiger partial charge in [-0.25, -0.2) is 9.42 Å². The average molecular weight is 474 g/mol. The van der Waals surface area contributed by atoms with Gasteiger partial charge in [0.25, 0.3) is 14.1 Å². The molecule has 13 nitrogen and oxygen atoms in total. The van der Waals surface area contributed by atoms with E-state index in [9.17, 15) is 24.9 Å². The largest absolute Gasteiger partial charge is 0.363 e. The third-order valence-corrected chi connectivity index (χ3v) is 5.42. The van der Waals surface area contributed by atoms with Crippen LogP contribution in [0.3, 0.4) is 0 Å². The average Bonchev–Trinajstić information content (AvgIpc) is 3.00. The van der Waals surface area contributed by atoms with Crippen molar-refractivity contribution in [1.82, 2.24) is 14.6 Å². The Morgan fingerprint density at radius 3 is 2.69 bits per heavy atom. The molecule has 0 amide bonds. The molecule has 0 aromatic carbocycles. The number of nitrogens with zero attached hydrogens (tertiary/aromatic N) is 3. The van der Waals surface area contributed by atoms with Gasteiger partial charge in [-0.05, 0) is 27.7 Å². The Hall–Kier alpha value is -1.72. The van der Waals surface area contributed by atoms with Gasteiger partial charge in [0.1, 0.15) is 18.4 Å². The number of H-pyrrole nitrogens is 1. The Balaban J connectivity index is 2.22. The lowest BCUT2D eigenvalue weighted by Crippen LogP contribution is -2.52. The Morgan fingerprint density at radius 1 is 1.53 bits per heavy atom. The van der Waals surface area contributed by atoms with Gasteiger partial charge in [0.2, 0.25) is 0 Å². The molecule has 32 heavy (non-hydrogen) atoms. The normalized spacial score (nSPS) is 25.8. The van der Waals surface area contributed by atoms with E-state index in [1.165, 1.54) is 11.3 Å². The van der Waals surface area contributed by atoms with Crippen LogP contribution < -0.4 is 22.5 Å². The van der Waals surface area contributed by atoms with Crippen LogP contribution in [0, 0.1) is 11.3 Å². The molecule has 0 saturated carbocycles. The molecule has 7 N–H and O–H groups in total. The number of hydrogen-bond acceptors (Lipinski definition) is 11. The summed E-state index contributed by atoms with van der Waals surface area (Å²) in [6.07, 6.45) is -1.99. The van der Waals surface area contributed by atoms with E-state index in [-0.39, 0.29) is 25.4 Å². The minimum Gasteiger partial charge on any atom is -0.363 e. The van der Waals surface area contributed by atoms with Gasteiger partial charge in [-0.15, -0.1) is 0 Å². The lowest BCUT2D eigenvalue weighted by atomic mass is 9.95. The van der Waals surface area contributed by atoms with Crippen LogP contribution in [-0.4, -0.2) is 60.7 Å². The summed E-state index contributed by atoms with van der Waals surface area (Å²) in [4.78, 5) is 35.0. The van der Waals surface area contributed by atoms with Gasteiger partial charge in [-0.2, -0.15) is 10.3 Å². The molecule has 1 aliphatic heterocycles. The molecule has 0 bridgehead atoms. The smallest absolute Gasteiger partial charge is 0.330 e. The van der Waals surface area contributed by atoms with Crippen LogP contribution in [0.25, 0.3) is 0 Å². The van der Waals surface area contributed by atoms with Crippen LogP contribution in [0.1, 0.15) is 46.8 Å². The molecule has 2 unspecified atom stereocenters. The van der Waals surface area contributed by atoms with Gasteiger partial charge in [0.15, 0.2) is 5.79 Å². The summed E-state index contributed by atoms with van der Waals surface area (Å²) >= 11 is 0. The summed E-state index contributed by atoms with van der Waals surface area (Å²) in [6.45, 7) is 7.07. The zero-order valence-electron chi connectivity index (χ0n) is 18.5. The molecule has 180 valence electrons. The number of aliphatic hydroxyl groups is 1. The summed E-state index contributed by atoms with van der Waals surface area (Å²) in [6, 6.07) is 2.97. The van der Waals surface area contributed by atoms with E-state index < -0.39 is 49.5 Å². The fraction of sp³-hybridized carbons (Fsp3) is 0.722. The number of aromatic nitrogens is 2. The maximum Gasteiger partial charge on any atom is 0.330 e. The maximum atomic E-state index is 12.1. The highest BCUT2D eigenvalue weighted by atomic mass is 31.2. The topological polar surface area (TPSA) is 202 Å². The molecule has 2 heterocycles. The van der Waals surface area contributed by atoms with Crippen LogP contribution in [0.15, 0.2) is 21.9 Å². The lowest BCUT2D eigenvalue weighted by Gasteiger charge is -2.41. The third-order valence-electron chi connectivity index (χ3n) is 5.08. The minimum atomic E-state index is -2.18. The highest BCUT2D eigenvalue weighted by Gasteiger charge is 2.51. The lowest BCUT2D eigenvalue weighted by molar-refractivity contribution is -0.250. The van der Waals surface area contributed by atoms with E-state index in [2.05, 4.69) is 4.98 Å². The van der Waals surface area contributed by atoms with Gasteiger partial charge in [-0.3, -0.25) is 19.8 Å². The molecule has 0 spiro atoms. The number of rotatable bonds is 10. The zero-order valence-corrected chi connectivity index (χ0v) is 19.4. The second kappa shape index (κ2) is 10.5. The van der Waals surface area contributed by atoms with Gasteiger partial charge >= 0.3 is 5.69 Å². The Kier molecular flexibility index (Phi) is 8.69. The SMILES string of the molecule is CC(C)N(OP(N)O)C(C)(C)CC(C#N)O[C@]1(O)C[C@H](n2ccc(=O)[nH]c2=O)O[C@@H]1CN. The summed E-state index contributed by atoms with van der Waals surface area (Å²) in [5.74, 6) is -1.97. The second-order valence-electron chi connectivity index (χ2n) is 8.44.